The first-order valence-corrected chi connectivity index (χ1v) is 6.15. The van der Waals surface area contributed by atoms with Crippen LogP contribution in [0.25, 0.3) is 0 Å². The van der Waals surface area contributed by atoms with Gasteiger partial charge in [0.05, 0.1) is 19.4 Å². The van der Waals surface area contributed by atoms with Crippen molar-refractivity contribution in [1.29, 1.82) is 0 Å². The molecule has 19 heavy (non-hydrogen) atoms. The topological polar surface area (TPSA) is 47.4 Å². The molecule has 0 aliphatic carbocycles. The monoisotopic (exact) mass is 255 g/mol. The predicted octanol–water partition coefficient (Wildman–Crippen LogP) is 2.97. The molecule has 98 valence electrons. The molecule has 0 amide bonds. The molecule has 1 aromatic heterocycles. The minimum absolute atomic E-state index is 0.000975. The van der Waals surface area contributed by atoms with E-state index in [4.69, 9.17) is 4.74 Å². The average molecular weight is 255 g/mol. The van der Waals surface area contributed by atoms with Gasteiger partial charge >= 0.3 is 0 Å². The number of ether oxygens (including phenoxy) is 1. The van der Waals surface area contributed by atoms with Crippen molar-refractivity contribution < 1.29 is 4.74 Å². The fraction of sp³-hybridized carbons (Fsp3) is 0.267. The summed E-state index contributed by atoms with van der Waals surface area (Å²) in [5.41, 5.74) is 2.09. The molecule has 0 radical (unpaired) electrons. The number of nitrogens with zero attached hydrogens (tertiary/aromatic N) is 3. The minimum atomic E-state index is 0.000975. The first-order chi connectivity index (χ1) is 9.20. The van der Waals surface area contributed by atoms with E-state index in [0.717, 1.165) is 16.9 Å². The molecule has 1 heterocycles. The van der Waals surface area contributed by atoms with Crippen LogP contribution in [0.3, 0.4) is 0 Å². The maximum absolute atomic E-state index is 5.33. The molecule has 2 rings (SSSR count). The van der Waals surface area contributed by atoms with Crippen LogP contribution >= 0.6 is 0 Å². The summed E-state index contributed by atoms with van der Waals surface area (Å²) >= 11 is 0. The van der Waals surface area contributed by atoms with Crippen molar-refractivity contribution in [3.05, 3.63) is 53.6 Å². The summed E-state index contributed by atoms with van der Waals surface area (Å²) in [5, 5.41) is 0. The van der Waals surface area contributed by atoms with Crippen LogP contribution in [0.4, 0.5) is 0 Å². The molecule has 0 N–H and O–H groups in total. The van der Waals surface area contributed by atoms with Crippen molar-refractivity contribution in [1.82, 2.24) is 9.97 Å². The number of para-hydroxylation sites is 1. The summed E-state index contributed by atoms with van der Waals surface area (Å²) in [5.74, 6) is 1.46. The van der Waals surface area contributed by atoms with E-state index in [1.165, 1.54) is 0 Å². The normalized spacial score (nSPS) is 12.6. The molecule has 1 atom stereocenters. The molecule has 0 fully saturated rings. The van der Waals surface area contributed by atoms with Gasteiger partial charge in [-0.15, -0.1) is 0 Å². The number of aromatic nitrogens is 2. The number of methoxy groups -OCH3 is 1. The van der Waals surface area contributed by atoms with Crippen LogP contribution in [0.1, 0.15) is 29.9 Å². The lowest BCUT2D eigenvalue weighted by molar-refractivity contribution is 0.407. The SMILES string of the molecule is COc1ccccc1C(C)N=Cc1ncc(C)cn1. The number of aryl methyl sites for hydroxylation is 1. The van der Waals surface area contributed by atoms with Crippen molar-refractivity contribution in [2.45, 2.75) is 19.9 Å². The van der Waals surface area contributed by atoms with E-state index >= 15 is 0 Å². The van der Waals surface area contributed by atoms with Crippen molar-refractivity contribution in [3.63, 3.8) is 0 Å². The van der Waals surface area contributed by atoms with Crippen molar-refractivity contribution in [2.75, 3.05) is 7.11 Å². The lowest BCUT2D eigenvalue weighted by Crippen LogP contribution is -1.98. The first-order valence-electron chi connectivity index (χ1n) is 6.15. The van der Waals surface area contributed by atoms with Gasteiger partial charge in [0.15, 0.2) is 5.82 Å². The zero-order valence-electron chi connectivity index (χ0n) is 11.4. The summed E-state index contributed by atoms with van der Waals surface area (Å²) in [6.45, 7) is 3.97. The van der Waals surface area contributed by atoms with E-state index in [-0.39, 0.29) is 6.04 Å². The summed E-state index contributed by atoms with van der Waals surface area (Å²) in [4.78, 5) is 12.9. The number of aliphatic imine (C=N–C) groups is 1. The van der Waals surface area contributed by atoms with Crippen LogP contribution in [-0.2, 0) is 0 Å². The number of benzene rings is 1. The van der Waals surface area contributed by atoms with Gasteiger partial charge in [0.1, 0.15) is 5.75 Å². The Morgan fingerprint density at radius 3 is 2.58 bits per heavy atom. The van der Waals surface area contributed by atoms with Gasteiger partial charge in [-0.3, -0.25) is 4.99 Å². The van der Waals surface area contributed by atoms with Crippen molar-refractivity contribution in [2.24, 2.45) is 4.99 Å². The highest BCUT2D eigenvalue weighted by atomic mass is 16.5. The van der Waals surface area contributed by atoms with Gasteiger partial charge < -0.3 is 4.74 Å². The van der Waals surface area contributed by atoms with Gasteiger partial charge in [-0.05, 0) is 25.5 Å². The molecule has 1 unspecified atom stereocenters. The Morgan fingerprint density at radius 2 is 1.89 bits per heavy atom. The van der Waals surface area contributed by atoms with Gasteiger partial charge in [-0.2, -0.15) is 0 Å². The molecule has 1 aromatic carbocycles. The average Bonchev–Trinajstić information content (AvgIpc) is 2.46. The summed E-state index contributed by atoms with van der Waals surface area (Å²) < 4.78 is 5.33. The highest BCUT2D eigenvalue weighted by Gasteiger charge is 2.08. The van der Waals surface area contributed by atoms with Crippen LogP contribution in [0, 0.1) is 6.92 Å². The molecule has 4 nitrogen and oxygen atoms in total. The Balaban J connectivity index is 2.16. The van der Waals surface area contributed by atoms with E-state index in [2.05, 4.69) is 15.0 Å². The van der Waals surface area contributed by atoms with Crippen molar-refractivity contribution >= 4 is 6.21 Å². The third kappa shape index (κ3) is 3.37. The summed E-state index contributed by atoms with van der Waals surface area (Å²) in [7, 11) is 1.67. The van der Waals surface area contributed by atoms with Crippen LogP contribution in [0.5, 0.6) is 5.75 Å². The van der Waals surface area contributed by atoms with E-state index in [1.807, 2.05) is 38.1 Å². The van der Waals surface area contributed by atoms with E-state index in [1.54, 1.807) is 25.7 Å². The van der Waals surface area contributed by atoms with E-state index < -0.39 is 0 Å². The fourth-order valence-electron chi connectivity index (χ4n) is 1.74. The van der Waals surface area contributed by atoms with Gasteiger partial charge in [0.25, 0.3) is 0 Å². The Kier molecular flexibility index (Phi) is 4.23. The first kappa shape index (κ1) is 13.2. The Hall–Kier alpha value is -2.23. The lowest BCUT2D eigenvalue weighted by Gasteiger charge is -2.11. The van der Waals surface area contributed by atoms with Crippen LogP contribution < -0.4 is 4.74 Å². The Labute approximate surface area is 113 Å². The van der Waals surface area contributed by atoms with Gasteiger partial charge in [0.2, 0.25) is 0 Å². The standard InChI is InChI=1S/C15H17N3O/c1-11-8-17-15(18-9-11)10-16-12(2)13-6-4-5-7-14(13)19-3/h4-10,12H,1-3H3. The Morgan fingerprint density at radius 1 is 1.21 bits per heavy atom. The van der Waals surface area contributed by atoms with E-state index in [9.17, 15) is 0 Å². The van der Waals surface area contributed by atoms with E-state index in [0.29, 0.717) is 5.82 Å². The molecule has 0 saturated carbocycles. The fourth-order valence-corrected chi connectivity index (χ4v) is 1.74. The summed E-state index contributed by atoms with van der Waals surface area (Å²) in [6, 6.07) is 7.87. The van der Waals surface area contributed by atoms with Crippen LogP contribution in [0.2, 0.25) is 0 Å². The molecular weight excluding hydrogens is 238 g/mol. The Bertz CT molecular complexity index is 564. The summed E-state index contributed by atoms with van der Waals surface area (Å²) in [6.07, 6.45) is 5.25. The zero-order chi connectivity index (χ0) is 13.7. The maximum Gasteiger partial charge on any atom is 0.170 e. The number of hydrogen-bond acceptors (Lipinski definition) is 4. The number of rotatable bonds is 4. The molecule has 0 aliphatic heterocycles. The molecule has 0 aliphatic rings. The van der Waals surface area contributed by atoms with Gasteiger partial charge in [0, 0.05) is 18.0 Å². The van der Waals surface area contributed by atoms with Gasteiger partial charge in [-0.25, -0.2) is 9.97 Å². The zero-order valence-corrected chi connectivity index (χ0v) is 11.4. The number of hydrogen-bond donors (Lipinski definition) is 0. The lowest BCUT2D eigenvalue weighted by atomic mass is 10.1. The van der Waals surface area contributed by atoms with Crippen molar-refractivity contribution in [3.8, 4) is 5.75 Å². The minimum Gasteiger partial charge on any atom is -0.496 e. The third-order valence-corrected chi connectivity index (χ3v) is 2.80. The molecule has 0 spiro atoms. The molecule has 4 heteroatoms. The molecule has 0 bridgehead atoms. The predicted molar refractivity (Wildman–Crippen MR) is 75.8 cm³/mol. The maximum atomic E-state index is 5.33. The second-order valence-electron chi connectivity index (χ2n) is 4.31. The largest absolute Gasteiger partial charge is 0.496 e. The molecule has 0 saturated heterocycles. The molecule has 2 aromatic rings. The van der Waals surface area contributed by atoms with Crippen LogP contribution in [-0.4, -0.2) is 23.3 Å². The quantitative estimate of drug-likeness (QED) is 0.789. The smallest absolute Gasteiger partial charge is 0.170 e. The van der Waals surface area contributed by atoms with Gasteiger partial charge in [-0.1, -0.05) is 18.2 Å². The highest BCUT2D eigenvalue weighted by Crippen LogP contribution is 2.26. The second kappa shape index (κ2) is 6.09. The second-order valence-corrected chi connectivity index (χ2v) is 4.31. The highest BCUT2D eigenvalue weighted by molar-refractivity contribution is 5.74. The molecular formula is C15H17N3O. The van der Waals surface area contributed by atoms with Crippen LogP contribution in [0.15, 0.2) is 41.7 Å². The third-order valence-electron chi connectivity index (χ3n) is 2.80.